The van der Waals surface area contributed by atoms with Gasteiger partial charge in [-0.3, -0.25) is 4.79 Å². The third kappa shape index (κ3) is 4.81. The maximum absolute atomic E-state index is 12.4. The van der Waals surface area contributed by atoms with Crippen LogP contribution in [0.15, 0.2) is 64.5 Å². The van der Waals surface area contributed by atoms with Gasteiger partial charge in [0.05, 0.1) is 13.2 Å². The molecule has 9 heteroatoms. The second-order valence-electron chi connectivity index (χ2n) is 6.18. The molecular formula is C21H19N5O3S. The average molecular weight is 421 g/mol. The molecule has 2 aromatic heterocycles. The van der Waals surface area contributed by atoms with Crippen molar-refractivity contribution in [1.82, 2.24) is 20.4 Å². The SMILES string of the molecule is CCOc1ccc(Nc2nc(C(=O)NCc3nc(-c4ccccc4)no3)cs2)cc1. The zero-order valence-corrected chi connectivity index (χ0v) is 17.0. The third-order valence-corrected chi connectivity index (χ3v) is 4.81. The number of carbonyl (C=O) groups is 1. The van der Waals surface area contributed by atoms with Crippen LogP contribution in [0.4, 0.5) is 10.8 Å². The molecule has 0 fully saturated rings. The number of nitrogens with zero attached hydrogens (tertiary/aromatic N) is 3. The summed E-state index contributed by atoms with van der Waals surface area (Å²) in [5.74, 6) is 1.30. The lowest BCUT2D eigenvalue weighted by Crippen LogP contribution is -2.23. The van der Waals surface area contributed by atoms with Crippen molar-refractivity contribution in [1.29, 1.82) is 0 Å². The number of benzene rings is 2. The molecule has 30 heavy (non-hydrogen) atoms. The van der Waals surface area contributed by atoms with E-state index >= 15 is 0 Å². The molecule has 0 aliphatic carbocycles. The predicted molar refractivity (Wildman–Crippen MR) is 114 cm³/mol. The van der Waals surface area contributed by atoms with Gasteiger partial charge in [-0.05, 0) is 31.2 Å². The second kappa shape index (κ2) is 9.19. The number of carbonyl (C=O) groups excluding carboxylic acids is 1. The smallest absolute Gasteiger partial charge is 0.271 e. The van der Waals surface area contributed by atoms with Crippen molar-refractivity contribution in [2.75, 3.05) is 11.9 Å². The van der Waals surface area contributed by atoms with Crippen LogP contribution >= 0.6 is 11.3 Å². The summed E-state index contributed by atoms with van der Waals surface area (Å²) in [6.45, 7) is 2.68. The third-order valence-electron chi connectivity index (χ3n) is 4.05. The minimum atomic E-state index is -0.314. The summed E-state index contributed by atoms with van der Waals surface area (Å²) in [5, 5.41) is 12.2. The minimum absolute atomic E-state index is 0.123. The first-order chi connectivity index (χ1) is 14.7. The molecule has 1 amide bonds. The van der Waals surface area contributed by atoms with Gasteiger partial charge in [0.1, 0.15) is 11.4 Å². The molecule has 0 unspecified atom stereocenters. The van der Waals surface area contributed by atoms with Crippen molar-refractivity contribution in [3.8, 4) is 17.1 Å². The molecule has 2 aromatic carbocycles. The monoisotopic (exact) mass is 421 g/mol. The van der Waals surface area contributed by atoms with Crippen molar-refractivity contribution >= 4 is 28.1 Å². The molecule has 0 spiro atoms. The lowest BCUT2D eigenvalue weighted by Gasteiger charge is -2.05. The summed E-state index contributed by atoms with van der Waals surface area (Å²) >= 11 is 1.34. The molecule has 0 atom stereocenters. The largest absolute Gasteiger partial charge is 0.494 e. The van der Waals surface area contributed by atoms with Crippen molar-refractivity contribution in [2.24, 2.45) is 0 Å². The van der Waals surface area contributed by atoms with Gasteiger partial charge in [-0.1, -0.05) is 35.5 Å². The van der Waals surface area contributed by atoms with Crippen LogP contribution in [-0.4, -0.2) is 27.6 Å². The van der Waals surface area contributed by atoms with Crippen LogP contribution in [0, 0.1) is 0 Å². The van der Waals surface area contributed by atoms with Crippen LogP contribution in [0.2, 0.25) is 0 Å². The maximum atomic E-state index is 12.4. The number of hydrogen-bond donors (Lipinski definition) is 2. The van der Waals surface area contributed by atoms with E-state index in [1.807, 2.05) is 61.5 Å². The number of thiazole rings is 1. The maximum Gasteiger partial charge on any atom is 0.271 e. The highest BCUT2D eigenvalue weighted by molar-refractivity contribution is 7.14. The van der Waals surface area contributed by atoms with Crippen LogP contribution in [0.5, 0.6) is 5.75 Å². The first-order valence-corrected chi connectivity index (χ1v) is 10.2. The quantitative estimate of drug-likeness (QED) is 0.438. The van der Waals surface area contributed by atoms with E-state index in [4.69, 9.17) is 9.26 Å². The Morgan fingerprint density at radius 1 is 1.10 bits per heavy atom. The molecule has 0 saturated heterocycles. The number of hydrogen-bond acceptors (Lipinski definition) is 8. The van der Waals surface area contributed by atoms with Gasteiger partial charge in [-0.15, -0.1) is 11.3 Å². The average Bonchev–Trinajstić information content (AvgIpc) is 3.44. The Balaban J connectivity index is 1.32. The van der Waals surface area contributed by atoms with Gasteiger partial charge in [0.25, 0.3) is 5.91 Å². The van der Waals surface area contributed by atoms with Crippen molar-refractivity contribution < 1.29 is 14.1 Å². The summed E-state index contributed by atoms with van der Waals surface area (Å²) < 4.78 is 10.6. The van der Waals surface area contributed by atoms with E-state index in [-0.39, 0.29) is 12.5 Å². The molecule has 0 aliphatic heterocycles. The zero-order valence-electron chi connectivity index (χ0n) is 16.2. The second-order valence-corrected chi connectivity index (χ2v) is 7.04. The molecule has 4 rings (SSSR count). The van der Waals surface area contributed by atoms with Crippen molar-refractivity contribution in [3.63, 3.8) is 0 Å². The summed E-state index contributed by atoms with van der Waals surface area (Å²) in [5.41, 5.74) is 2.03. The van der Waals surface area contributed by atoms with Crippen molar-refractivity contribution in [3.05, 3.63) is 71.6 Å². The van der Waals surface area contributed by atoms with E-state index in [9.17, 15) is 4.79 Å². The molecular weight excluding hydrogens is 402 g/mol. The number of amides is 1. The fourth-order valence-corrected chi connectivity index (χ4v) is 3.35. The molecule has 2 N–H and O–H groups in total. The highest BCUT2D eigenvalue weighted by Gasteiger charge is 2.13. The summed E-state index contributed by atoms with van der Waals surface area (Å²) in [7, 11) is 0. The molecule has 0 bridgehead atoms. The summed E-state index contributed by atoms with van der Waals surface area (Å²) in [6.07, 6.45) is 0. The molecule has 4 aromatic rings. The van der Waals surface area contributed by atoms with E-state index in [0.29, 0.717) is 29.1 Å². The molecule has 0 radical (unpaired) electrons. The van der Waals surface area contributed by atoms with Gasteiger partial charge in [-0.25, -0.2) is 4.98 Å². The zero-order chi connectivity index (χ0) is 20.8. The van der Waals surface area contributed by atoms with Gasteiger partial charge in [-0.2, -0.15) is 4.98 Å². The van der Waals surface area contributed by atoms with Gasteiger partial charge >= 0.3 is 0 Å². The molecule has 8 nitrogen and oxygen atoms in total. The standard InChI is InChI=1S/C21H19N5O3S/c1-2-28-16-10-8-15(9-11-16)23-21-24-17(13-30-21)20(27)22-12-18-25-19(26-29-18)14-6-4-3-5-7-14/h3-11,13H,2,12H2,1H3,(H,22,27)(H,23,24). The van der Waals surface area contributed by atoms with Gasteiger partial charge in [0.15, 0.2) is 5.13 Å². The predicted octanol–water partition coefficient (Wildman–Crippen LogP) is 4.27. The number of anilines is 2. The Labute approximate surface area is 176 Å². The molecule has 152 valence electrons. The van der Waals surface area contributed by atoms with E-state index in [1.165, 1.54) is 11.3 Å². The molecule has 0 saturated carbocycles. The van der Waals surface area contributed by atoms with Crippen LogP contribution in [0.3, 0.4) is 0 Å². The summed E-state index contributed by atoms with van der Waals surface area (Å²) in [4.78, 5) is 21.0. The van der Waals surface area contributed by atoms with Crippen molar-refractivity contribution in [2.45, 2.75) is 13.5 Å². The minimum Gasteiger partial charge on any atom is -0.494 e. The Morgan fingerprint density at radius 2 is 1.90 bits per heavy atom. The fourth-order valence-electron chi connectivity index (χ4n) is 2.64. The number of rotatable bonds is 8. The van der Waals surface area contributed by atoms with E-state index in [0.717, 1.165) is 17.0 Å². The lowest BCUT2D eigenvalue weighted by molar-refractivity contribution is 0.0942. The normalized spacial score (nSPS) is 10.6. The molecule has 2 heterocycles. The van der Waals surface area contributed by atoms with Gasteiger partial charge < -0.3 is 19.9 Å². The lowest BCUT2D eigenvalue weighted by atomic mass is 10.2. The summed E-state index contributed by atoms with van der Waals surface area (Å²) in [6, 6.07) is 17.0. The highest BCUT2D eigenvalue weighted by atomic mass is 32.1. The molecule has 0 aliphatic rings. The van der Waals surface area contributed by atoms with Crippen LogP contribution < -0.4 is 15.4 Å². The fraction of sp³-hybridized carbons (Fsp3) is 0.143. The van der Waals surface area contributed by atoms with Crippen LogP contribution in [0.25, 0.3) is 11.4 Å². The Hall–Kier alpha value is -3.72. The Bertz CT molecular complexity index is 1110. The Kier molecular flexibility index (Phi) is 6.00. The van der Waals surface area contributed by atoms with Crippen LogP contribution in [0.1, 0.15) is 23.3 Å². The highest BCUT2D eigenvalue weighted by Crippen LogP contribution is 2.23. The number of aromatic nitrogens is 3. The first kappa shape index (κ1) is 19.6. The number of nitrogens with one attached hydrogen (secondary N) is 2. The van der Waals surface area contributed by atoms with Crippen LogP contribution in [-0.2, 0) is 6.54 Å². The first-order valence-electron chi connectivity index (χ1n) is 9.33. The number of ether oxygens (including phenoxy) is 1. The van der Waals surface area contributed by atoms with E-state index < -0.39 is 0 Å². The topological polar surface area (TPSA) is 102 Å². The van der Waals surface area contributed by atoms with E-state index in [1.54, 1.807) is 5.38 Å². The van der Waals surface area contributed by atoms with Gasteiger partial charge in [0.2, 0.25) is 11.7 Å². The Morgan fingerprint density at radius 3 is 2.67 bits per heavy atom. The van der Waals surface area contributed by atoms with Gasteiger partial charge in [0, 0.05) is 16.6 Å². The van der Waals surface area contributed by atoms with E-state index in [2.05, 4.69) is 25.8 Å².